The van der Waals surface area contributed by atoms with Gasteiger partial charge in [-0.25, -0.2) is 14.6 Å². The van der Waals surface area contributed by atoms with Gasteiger partial charge < -0.3 is 15.4 Å². The molecule has 0 aliphatic carbocycles. The number of amides is 2. The van der Waals surface area contributed by atoms with E-state index < -0.39 is 12.0 Å². The number of esters is 1. The molecule has 6 nitrogen and oxygen atoms in total. The van der Waals surface area contributed by atoms with E-state index >= 15 is 0 Å². The Labute approximate surface area is 156 Å². The molecule has 1 atom stereocenters. The second-order valence-electron chi connectivity index (χ2n) is 5.51. The van der Waals surface area contributed by atoms with E-state index in [1.165, 1.54) is 11.8 Å². The lowest BCUT2D eigenvalue weighted by molar-refractivity contribution is -0.139. The summed E-state index contributed by atoms with van der Waals surface area (Å²) in [5, 5.41) is 6.38. The van der Waals surface area contributed by atoms with Crippen LogP contribution in [0.15, 0.2) is 71.0 Å². The predicted octanol–water partition coefficient (Wildman–Crippen LogP) is 3.05. The van der Waals surface area contributed by atoms with Crippen LogP contribution in [0.5, 0.6) is 0 Å². The molecule has 1 aliphatic heterocycles. The van der Waals surface area contributed by atoms with Crippen molar-refractivity contribution in [3.63, 3.8) is 0 Å². The molecule has 0 saturated heterocycles. The number of nitrogens with zero attached hydrogens (tertiary/aromatic N) is 1. The van der Waals surface area contributed by atoms with Crippen LogP contribution >= 0.6 is 11.8 Å². The normalized spacial score (nSPS) is 16.7. The highest BCUT2D eigenvalue weighted by molar-refractivity contribution is 7.99. The summed E-state index contributed by atoms with van der Waals surface area (Å²) in [6.07, 6.45) is 1.71. The topological polar surface area (TPSA) is 80.3 Å². The summed E-state index contributed by atoms with van der Waals surface area (Å²) in [5.41, 5.74) is 1.78. The van der Waals surface area contributed by atoms with E-state index in [1.54, 1.807) is 13.1 Å². The molecule has 1 unspecified atom stereocenters. The number of thioether (sulfide) groups is 1. The summed E-state index contributed by atoms with van der Waals surface area (Å²) < 4.78 is 5.24. The third kappa shape index (κ3) is 4.23. The number of urea groups is 1. The maximum atomic E-state index is 12.6. The maximum Gasteiger partial charge on any atom is 0.338 e. The largest absolute Gasteiger partial charge is 0.463 e. The maximum absolute atomic E-state index is 12.6. The average molecular weight is 369 g/mol. The van der Waals surface area contributed by atoms with E-state index in [0.29, 0.717) is 17.0 Å². The van der Waals surface area contributed by atoms with Crippen LogP contribution in [0, 0.1) is 0 Å². The Morgan fingerprint density at radius 3 is 2.65 bits per heavy atom. The zero-order valence-corrected chi connectivity index (χ0v) is 15.1. The minimum Gasteiger partial charge on any atom is -0.463 e. The monoisotopic (exact) mass is 369 g/mol. The zero-order valence-electron chi connectivity index (χ0n) is 14.3. The van der Waals surface area contributed by atoms with Crippen LogP contribution in [0.2, 0.25) is 0 Å². The molecule has 1 aliphatic rings. The number of benzene rings is 1. The number of rotatable bonds is 6. The van der Waals surface area contributed by atoms with Crippen LogP contribution in [0.1, 0.15) is 18.5 Å². The lowest BCUT2D eigenvalue weighted by atomic mass is 9.95. The minimum atomic E-state index is -0.552. The first-order valence-electron chi connectivity index (χ1n) is 8.25. The zero-order chi connectivity index (χ0) is 18.4. The smallest absolute Gasteiger partial charge is 0.338 e. The fourth-order valence-corrected chi connectivity index (χ4v) is 3.49. The number of hydrogen-bond acceptors (Lipinski definition) is 5. The molecule has 2 amide bonds. The van der Waals surface area contributed by atoms with Crippen molar-refractivity contribution >= 4 is 23.8 Å². The van der Waals surface area contributed by atoms with E-state index in [4.69, 9.17) is 4.74 Å². The molecule has 7 heteroatoms. The van der Waals surface area contributed by atoms with E-state index in [-0.39, 0.29) is 12.6 Å². The van der Waals surface area contributed by atoms with Crippen LogP contribution in [-0.4, -0.2) is 29.3 Å². The Balaban J connectivity index is 1.95. The molecule has 0 saturated carbocycles. The Morgan fingerprint density at radius 1 is 1.19 bits per heavy atom. The van der Waals surface area contributed by atoms with Crippen molar-refractivity contribution in [1.29, 1.82) is 0 Å². The first-order chi connectivity index (χ1) is 12.7. The first-order valence-corrected chi connectivity index (χ1v) is 9.24. The molecule has 0 fully saturated rings. The van der Waals surface area contributed by atoms with Gasteiger partial charge in [0.25, 0.3) is 0 Å². The number of pyridine rings is 1. The van der Waals surface area contributed by atoms with E-state index in [1.807, 2.05) is 48.5 Å². The number of carbonyl (C=O) groups excluding carboxylic acids is 2. The third-order valence-electron chi connectivity index (χ3n) is 3.78. The fourth-order valence-electron chi connectivity index (χ4n) is 2.66. The van der Waals surface area contributed by atoms with Crippen molar-refractivity contribution in [2.24, 2.45) is 0 Å². The number of ether oxygens (including phenoxy) is 1. The summed E-state index contributed by atoms with van der Waals surface area (Å²) in [6, 6.07) is 14.1. The van der Waals surface area contributed by atoms with Crippen LogP contribution in [0.25, 0.3) is 0 Å². The van der Waals surface area contributed by atoms with E-state index in [9.17, 15) is 9.59 Å². The van der Waals surface area contributed by atoms with Crippen molar-refractivity contribution in [1.82, 2.24) is 15.6 Å². The summed E-state index contributed by atoms with van der Waals surface area (Å²) >= 11 is 1.45. The molecule has 26 heavy (non-hydrogen) atoms. The molecule has 0 radical (unpaired) electrons. The molecule has 0 bridgehead atoms. The summed E-state index contributed by atoms with van der Waals surface area (Å²) in [6.45, 7) is 2.02. The molecule has 2 heterocycles. The van der Waals surface area contributed by atoms with Crippen LogP contribution in [0.3, 0.4) is 0 Å². The van der Waals surface area contributed by atoms with Crippen molar-refractivity contribution in [3.8, 4) is 0 Å². The number of nitrogens with one attached hydrogen (secondary N) is 2. The summed E-state index contributed by atoms with van der Waals surface area (Å²) in [5.74, 6) is -0.0347. The van der Waals surface area contributed by atoms with Crippen molar-refractivity contribution in [2.75, 3.05) is 12.4 Å². The second kappa shape index (κ2) is 8.53. The predicted molar refractivity (Wildman–Crippen MR) is 99.5 cm³/mol. The van der Waals surface area contributed by atoms with Gasteiger partial charge in [-0.15, -0.1) is 11.8 Å². The van der Waals surface area contributed by atoms with Crippen LogP contribution in [-0.2, 0) is 9.53 Å². The van der Waals surface area contributed by atoms with Gasteiger partial charge in [0.1, 0.15) is 0 Å². The SMILES string of the molecule is CCOC(=O)C1=C(CSc2ccccn2)NC(=O)NC1c1ccccc1. The number of carbonyl (C=O) groups is 2. The second-order valence-corrected chi connectivity index (χ2v) is 6.51. The van der Waals surface area contributed by atoms with Gasteiger partial charge in [-0.3, -0.25) is 0 Å². The van der Waals surface area contributed by atoms with Gasteiger partial charge in [-0.1, -0.05) is 36.4 Å². The number of hydrogen-bond donors (Lipinski definition) is 2. The van der Waals surface area contributed by atoms with Gasteiger partial charge in [-0.05, 0) is 24.6 Å². The minimum absolute atomic E-state index is 0.262. The van der Waals surface area contributed by atoms with Gasteiger partial charge in [-0.2, -0.15) is 0 Å². The van der Waals surface area contributed by atoms with Gasteiger partial charge in [0.05, 0.1) is 23.2 Å². The summed E-state index contributed by atoms with van der Waals surface area (Å²) in [4.78, 5) is 29.0. The number of aromatic nitrogens is 1. The summed E-state index contributed by atoms with van der Waals surface area (Å²) in [7, 11) is 0. The first kappa shape index (κ1) is 18.0. The third-order valence-corrected chi connectivity index (χ3v) is 4.75. The molecule has 1 aromatic carbocycles. The molecule has 0 spiro atoms. The highest BCUT2D eigenvalue weighted by Gasteiger charge is 2.33. The molecule has 134 valence electrons. The van der Waals surface area contributed by atoms with Gasteiger partial charge in [0.2, 0.25) is 0 Å². The standard InChI is InChI=1S/C19H19N3O3S/c1-2-25-18(23)16-14(12-26-15-10-6-7-11-20-15)21-19(24)22-17(16)13-8-4-3-5-9-13/h3-11,17H,2,12H2,1H3,(H2,21,22,24). The Morgan fingerprint density at radius 2 is 1.96 bits per heavy atom. The Kier molecular flexibility index (Phi) is 5.91. The molecule has 1 aromatic heterocycles. The quantitative estimate of drug-likeness (QED) is 0.604. The molecular weight excluding hydrogens is 350 g/mol. The van der Waals surface area contributed by atoms with Crippen molar-refractivity contribution in [3.05, 3.63) is 71.6 Å². The van der Waals surface area contributed by atoms with E-state index in [0.717, 1.165) is 10.6 Å². The van der Waals surface area contributed by atoms with Crippen LogP contribution in [0.4, 0.5) is 4.79 Å². The highest BCUT2D eigenvalue weighted by Crippen LogP contribution is 2.30. The van der Waals surface area contributed by atoms with Crippen molar-refractivity contribution in [2.45, 2.75) is 18.0 Å². The van der Waals surface area contributed by atoms with Crippen molar-refractivity contribution < 1.29 is 14.3 Å². The Hall–Kier alpha value is -2.80. The fraction of sp³-hybridized carbons (Fsp3) is 0.211. The Bertz CT molecular complexity index is 809. The lowest BCUT2D eigenvalue weighted by Crippen LogP contribution is -2.46. The van der Waals surface area contributed by atoms with Gasteiger partial charge >= 0.3 is 12.0 Å². The molecule has 3 rings (SSSR count). The average Bonchev–Trinajstić information content (AvgIpc) is 2.67. The van der Waals surface area contributed by atoms with Gasteiger partial charge in [0.15, 0.2) is 0 Å². The lowest BCUT2D eigenvalue weighted by Gasteiger charge is -2.29. The molecule has 2 N–H and O–H groups in total. The highest BCUT2D eigenvalue weighted by atomic mass is 32.2. The molecular formula is C19H19N3O3S. The molecule has 2 aromatic rings. The van der Waals surface area contributed by atoms with Crippen LogP contribution < -0.4 is 10.6 Å². The van der Waals surface area contributed by atoms with Gasteiger partial charge in [0, 0.05) is 17.6 Å². The van der Waals surface area contributed by atoms with E-state index in [2.05, 4.69) is 15.6 Å².